The molecule has 8 aliphatic heterocycles. The predicted molar refractivity (Wildman–Crippen MR) is 440 cm³/mol. The Kier molecular flexibility index (Phi) is 35.3. The molecule has 124 heavy (non-hydrogen) atoms. The highest BCUT2D eigenvalue weighted by molar-refractivity contribution is 14.1. The van der Waals surface area contributed by atoms with Crippen molar-refractivity contribution in [1.29, 1.82) is 0 Å². The average molecular weight is 1910 g/mol. The number of alkyl carbamates (subject to hydrolysis) is 3. The van der Waals surface area contributed by atoms with Gasteiger partial charge in [-0.2, -0.15) is 0 Å². The third-order valence-electron chi connectivity index (χ3n) is 19.7. The molecule has 0 radical (unpaired) electrons. The van der Waals surface area contributed by atoms with Crippen molar-refractivity contribution in [2.24, 2.45) is 0 Å². The molecule has 4 N–H and O–H groups in total. The Bertz CT molecular complexity index is 4910. The first-order valence-corrected chi connectivity index (χ1v) is 40.8. The Balaban J connectivity index is 0.000000158. The molecule has 8 aliphatic rings. The van der Waals surface area contributed by atoms with Crippen LogP contribution in [0.25, 0.3) is 0 Å². The Labute approximate surface area is 733 Å². The van der Waals surface area contributed by atoms with Crippen LogP contribution in [0.3, 0.4) is 0 Å². The van der Waals surface area contributed by atoms with Gasteiger partial charge in [-0.3, -0.25) is 19.5 Å². The van der Waals surface area contributed by atoms with Crippen LogP contribution in [0.15, 0.2) is 176 Å². The van der Waals surface area contributed by atoms with Crippen LogP contribution in [0.1, 0.15) is 110 Å². The minimum absolute atomic E-state index is 0.0222. The van der Waals surface area contributed by atoms with Gasteiger partial charge in [0.25, 0.3) is 0 Å². The Morgan fingerprint density at radius 1 is 0.492 bits per heavy atom. The Morgan fingerprint density at radius 3 is 1.27 bits per heavy atom. The van der Waals surface area contributed by atoms with Gasteiger partial charge >= 0.3 is 36.4 Å². The number of nitrogens with one attached hydrogen (secondary N) is 3. The molecule has 8 heterocycles. The molecule has 8 aromatic carbocycles. The number of benzene rings is 8. The molecule has 0 aliphatic carbocycles. The van der Waals surface area contributed by atoms with E-state index in [1.165, 1.54) is 69.5 Å². The molecule has 1 unspecified atom stereocenters. The van der Waals surface area contributed by atoms with Crippen molar-refractivity contribution in [3.63, 3.8) is 0 Å². The second-order valence-electron chi connectivity index (χ2n) is 28.4. The van der Waals surface area contributed by atoms with Gasteiger partial charge < -0.3 is 68.6 Å². The van der Waals surface area contributed by atoms with Crippen LogP contribution in [0, 0.1) is 61.7 Å². The smallest absolute Gasteiger partial charge is 0.415 e. The zero-order valence-corrected chi connectivity index (χ0v) is 70.7. The van der Waals surface area contributed by atoms with Crippen LogP contribution in [0.2, 0.25) is 15.1 Å². The van der Waals surface area contributed by atoms with Crippen LogP contribution in [0.4, 0.5) is 79.3 Å². The number of carbonyl (C=O) groups is 7. The van der Waals surface area contributed by atoms with Gasteiger partial charge in [-0.25, -0.2) is 72.7 Å². The van der Waals surface area contributed by atoms with Crippen molar-refractivity contribution < 1.29 is 125 Å². The largest absolute Gasteiger partial charge is 0.502 e. The summed E-state index contributed by atoms with van der Waals surface area (Å²) in [5.41, 5.74) is 2.37. The van der Waals surface area contributed by atoms with Crippen LogP contribution >= 0.6 is 57.4 Å². The van der Waals surface area contributed by atoms with Crippen LogP contribution < -0.4 is 25.8 Å². The number of ether oxygens (including phenoxy) is 9. The third kappa shape index (κ3) is 27.4. The first-order chi connectivity index (χ1) is 59.3. The van der Waals surface area contributed by atoms with E-state index < -0.39 is 162 Å². The van der Waals surface area contributed by atoms with Crippen molar-refractivity contribution in [3.05, 3.63) is 281 Å². The maximum atomic E-state index is 14.0. The highest BCUT2D eigenvalue weighted by Crippen LogP contribution is 2.42. The van der Waals surface area contributed by atoms with Gasteiger partial charge in [-0.15, -0.1) is 0 Å². The molecule has 0 aromatic heterocycles. The van der Waals surface area contributed by atoms with Crippen LogP contribution in [-0.2, 0) is 52.2 Å². The lowest BCUT2D eigenvalue weighted by Gasteiger charge is -2.36. The molecule has 7 saturated heterocycles. The number of aliphatic hydroxyl groups excluding tert-OH is 1. The van der Waals surface area contributed by atoms with E-state index in [1.54, 1.807) is 59.7 Å². The van der Waals surface area contributed by atoms with E-state index in [1.807, 2.05) is 37.3 Å². The second-order valence-corrected chi connectivity index (χ2v) is 30.9. The summed E-state index contributed by atoms with van der Waals surface area (Å²) in [5, 5.41) is 18.0. The van der Waals surface area contributed by atoms with Gasteiger partial charge in [0.1, 0.15) is 88.5 Å². The van der Waals surface area contributed by atoms with E-state index in [-0.39, 0.29) is 29.9 Å². The molecule has 7 fully saturated rings. The standard InChI is InChI=1S/C22H22ClF2N3O3.C17H14ClF2NO2.C15H17F2NO4.C11H9F2NO4.C10H9F2NO3.C6H4ClI.C5H8O/c1-14(29)27-8-6-26(7-9-27)13-20-21(15-10-17(24)12-18(25)11-15)28(22(30)31-20)19-4-2-16(23)3-5-19;1-2-15-16(10-7-12(19)9-13(20)8-10)21(17(22)23-15)14-5-3-11(18)4-6-14;16-10-5-9(6-11(17)7-10)14-12(22-15(19)18-14)8-21-13-3-1-2-4-20-13;1-17-10(15)9-8(14-11(16)18-9)5-2-6(12)4-7(13)3-5;11-6-1-5(2-7(12)3-6)9-8(4-14)16-10(15)13-9;7-5-1-3-6(8)4-2-5;1-2-4-6-5-3-1/h2-5,10-12,20-21H,6-9,13H2,1H3;3-9,15-16H,2H2,1H3;5-7,12-14H,1-4,8H2,(H,18,19);2-4,8-9H,1H3,(H,14,16);1-3,8-9,14H,4H2,(H,13,15);1-4H;2,4H,1,3,5H2/t20-,21-;15-,16-;12-,13?,14-;8-,9+;8-,9-;;/m00000../s1. The lowest BCUT2D eigenvalue weighted by atomic mass is 9.98. The lowest BCUT2D eigenvalue weighted by molar-refractivity contribution is -0.174. The number of methoxy groups -OCH3 is 1. The Morgan fingerprint density at radius 2 is 0.895 bits per heavy atom. The fourth-order valence-corrected chi connectivity index (χ4v) is 14.7. The summed E-state index contributed by atoms with van der Waals surface area (Å²) in [4.78, 5) is 88.2. The summed E-state index contributed by atoms with van der Waals surface area (Å²) in [6.45, 7) is 7.42. The lowest BCUT2D eigenvalue weighted by Crippen LogP contribution is -2.50. The Hall–Kier alpha value is -10.7. The summed E-state index contributed by atoms with van der Waals surface area (Å²) in [6.07, 6.45) is 2.01. The number of hydrogen-bond acceptors (Lipinski definition) is 18. The number of allylic oxidation sites excluding steroid dienone is 1. The van der Waals surface area contributed by atoms with Crippen LogP contribution in [-0.4, -0.2) is 160 Å². The molecule has 38 heteroatoms. The van der Waals surface area contributed by atoms with Gasteiger partial charge in [-0.05, 0) is 228 Å². The van der Waals surface area contributed by atoms with Gasteiger partial charge in [-0.1, -0.05) is 41.7 Å². The number of nitrogens with zero attached hydrogens (tertiary/aromatic N) is 4. The number of halogens is 14. The molecular weight excluding hydrogens is 1830 g/mol. The summed E-state index contributed by atoms with van der Waals surface area (Å²) >= 11 is 19.7. The van der Waals surface area contributed by atoms with Crippen molar-refractivity contribution in [3.8, 4) is 0 Å². The monoisotopic (exact) mass is 1910 g/mol. The number of rotatable bonds is 15. The van der Waals surface area contributed by atoms with E-state index in [9.17, 15) is 77.5 Å². The average Bonchev–Trinajstić information content (AvgIpc) is 1.60. The molecule has 8 aromatic rings. The van der Waals surface area contributed by atoms with E-state index in [4.69, 9.17) is 77.8 Å². The molecule has 24 nitrogen and oxygen atoms in total. The summed E-state index contributed by atoms with van der Waals surface area (Å²) < 4.78 is 181. The number of hydrogen-bond donors (Lipinski definition) is 4. The summed E-state index contributed by atoms with van der Waals surface area (Å²) in [6, 6.07) is 32.5. The molecule has 11 atom stereocenters. The fourth-order valence-electron chi connectivity index (χ4n) is 14.0. The third-order valence-corrected chi connectivity index (χ3v) is 21.1. The highest BCUT2D eigenvalue weighted by Gasteiger charge is 2.47. The number of cyclic esters (lactones) is 5. The minimum atomic E-state index is -1.26. The van der Waals surface area contributed by atoms with Gasteiger partial charge in [0.15, 0.2) is 18.5 Å². The van der Waals surface area contributed by atoms with E-state index >= 15 is 0 Å². The maximum Gasteiger partial charge on any atom is 0.415 e. The molecule has 0 spiro atoms. The van der Waals surface area contributed by atoms with E-state index in [0.29, 0.717) is 89.9 Å². The molecular formula is C86H83Cl3F10IN7O17. The number of piperazine rings is 1. The molecule has 662 valence electrons. The van der Waals surface area contributed by atoms with Gasteiger partial charge in [0.2, 0.25) is 12.0 Å². The molecule has 0 bridgehead atoms. The quantitative estimate of drug-likeness (QED) is 0.0321. The number of esters is 1. The predicted octanol–water partition coefficient (Wildman–Crippen LogP) is 18.2. The summed E-state index contributed by atoms with van der Waals surface area (Å²) in [7, 11) is 1.12. The molecule has 0 saturated carbocycles. The first-order valence-electron chi connectivity index (χ1n) is 38.6. The molecule has 16 rings (SSSR count). The van der Waals surface area contributed by atoms with Crippen molar-refractivity contribution >= 4 is 111 Å². The summed E-state index contributed by atoms with van der Waals surface area (Å²) in [5.74, 6) is -8.12. The van der Waals surface area contributed by atoms with Crippen molar-refractivity contribution in [2.45, 2.75) is 119 Å². The van der Waals surface area contributed by atoms with Crippen molar-refractivity contribution in [2.75, 3.05) is 76.1 Å². The van der Waals surface area contributed by atoms with Gasteiger partial charge in [0, 0.05) is 107 Å². The van der Waals surface area contributed by atoms with Gasteiger partial charge in [0.05, 0.1) is 45.3 Å². The number of aliphatic hydroxyl groups is 1. The zero-order chi connectivity index (χ0) is 89.4. The first kappa shape index (κ1) is 95.6. The number of carbonyl (C=O) groups excluding carboxylic acids is 7. The van der Waals surface area contributed by atoms with Crippen LogP contribution in [0.5, 0.6) is 0 Å². The zero-order valence-electron chi connectivity index (χ0n) is 66.3. The number of amides is 6. The maximum absolute atomic E-state index is 14.0. The van der Waals surface area contributed by atoms with E-state index in [2.05, 4.69) is 48.2 Å². The highest BCUT2D eigenvalue weighted by atomic mass is 127. The normalized spacial score (nSPS) is 22.3. The minimum Gasteiger partial charge on any atom is -0.502 e. The fraction of sp³-hybridized carbons (Fsp3) is 0.337. The second kappa shape index (κ2) is 45.8. The SMILES string of the molecule is C1=COCCC1.CC(=O)N1CCN(C[C@@H]2OC(=O)N(c3ccc(Cl)cc3)[C@H]2c2cc(F)cc(F)c2)CC1.CC[C@@H]1OC(=O)N(c2ccc(Cl)cc2)[C@H]1c1cc(F)cc(F)c1.COC(=O)[C@@H]1OC(=O)N[C@H]1c1cc(F)cc(F)c1.Clc1ccc(I)cc1.O=C1N[C@@H](c2cc(F)cc(F)c2)[C@H](CO)O1.O=C1N[C@@H](c2cc(F)cc(F)c2)[C@H](COC2CCCCO2)O1. The van der Waals surface area contributed by atoms with Crippen molar-refractivity contribution in [1.82, 2.24) is 25.8 Å². The van der Waals surface area contributed by atoms with E-state index in [0.717, 1.165) is 86.5 Å². The topological polar surface area (TPSA) is 272 Å². The molecule has 6 amide bonds. The number of anilines is 2.